The molecule has 0 unspecified atom stereocenters. The van der Waals surface area contributed by atoms with Gasteiger partial charge in [-0.15, -0.1) is 0 Å². The van der Waals surface area contributed by atoms with E-state index in [-0.39, 0.29) is 25.3 Å². The van der Waals surface area contributed by atoms with Crippen molar-refractivity contribution >= 4 is 19.6 Å². The molecular weight excluding hydrogens is 561 g/mol. The molecule has 3 rings (SSSR count). The van der Waals surface area contributed by atoms with E-state index >= 15 is 0 Å². The van der Waals surface area contributed by atoms with Crippen LogP contribution in [0, 0.1) is 0 Å². The molecule has 0 aliphatic heterocycles. The molecule has 2 amide bonds. The number of ether oxygens (including phenoxy) is 2. The fraction of sp³-hybridized carbons (Fsp3) is 0.286. The Morgan fingerprint density at radius 2 is 1.63 bits per heavy atom. The predicted molar refractivity (Wildman–Crippen MR) is 145 cm³/mol. The van der Waals surface area contributed by atoms with Gasteiger partial charge in [0.05, 0.1) is 6.61 Å². The second-order valence-electron chi connectivity index (χ2n) is 9.09. The topological polar surface area (TPSA) is 154 Å². The van der Waals surface area contributed by atoms with Gasteiger partial charge in [-0.3, -0.25) is 9.36 Å². The van der Waals surface area contributed by atoms with Crippen molar-refractivity contribution in [1.29, 1.82) is 0 Å². The summed E-state index contributed by atoms with van der Waals surface area (Å²) in [7, 11) is -5.73. The number of carbonyl (C=O) groups excluding carboxylic acids is 2. The standard InChI is InChI=1S/C28H31F2N2O8P/c29-28(30,41(36,37)38)22-13-11-20(12-14-22)17-25(32-27(35)40-19-21-7-2-1-3-8-21)26(34)31-15-4-5-16-39-24-10-6-9-23(33)18-24/h1-3,6-14,18,25,33H,4-5,15-17,19H2,(H,31,34)(H,32,35)(H2,36,37,38)/t25-/m0/s1. The van der Waals surface area contributed by atoms with Crippen molar-refractivity contribution in [3.63, 3.8) is 0 Å². The van der Waals surface area contributed by atoms with Crippen molar-refractivity contribution in [2.75, 3.05) is 13.2 Å². The third-order valence-electron chi connectivity index (χ3n) is 5.88. The van der Waals surface area contributed by atoms with Crippen LogP contribution in [0.1, 0.15) is 29.5 Å². The summed E-state index contributed by atoms with van der Waals surface area (Å²) in [5.74, 6) is 0.0535. The van der Waals surface area contributed by atoms with E-state index in [4.69, 9.17) is 19.3 Å². The van der Waals surface area contributed by atoms with Crippen molar-refractivity contribution in [1.82, 2.24) is 10.6 Å². The molecule has 220 valence electrons. The maximum atomic E-state index is 14.0. The molecule has 0 aliphatic carbocycles. The molecule has 0 saturated carbocycles. The molecule has 10 nitrogen and oxygen atoms in total. The van der Waals surface area contributed by atoms with E-state index in [9.17, 15) is 28.0 Å². The van der Waals surface area contributed by atoms with Gasteiger partial charge in [0.15, 0.2) is 0 Å². The minimum atomic E-state index is -5.73. The Hall–Kier alpha value is -3.99. The van der Waals surface area contributed by atoms with Crippen molar-refractivity contribution in [2.45, 2.75) is 37.6 Å². The molecule has 1 atom stereocenters. The number of carbonyl (C=O) groups is 2. The minimum Gasteiger partial charge on any atom is -0.508 e. The van der Waals surface area contributed by atoms with E-state index in [1.165, 1.54) is 24.3 Å². The van der Waals surface area contributed by atoms with E-state index < -0.39 is 36.9 Å². The van der Waals surface area contributed by atoms with Crippen LogP contribution in [0.4, 0.5) is 13.6 Å². The molecule has 0 saturated heterocycles. The number of aromatic hydroxyl groups is 1. The quantitative estimate of drug-likeness (QED) is 0.136. The first-order valence-electron chi connectivity index (χ1n) is 12.7. The SMILES string of the molecule is O=C(N[C@@H](Cc1ccc(C(F)(F)P(=O)(O)O)cc1)C(=O)NCCCCOc1cccc(O)c1)OCc1ccccc1. The van der Waals surface area contributed by atoms with Crippen molar-refractivity contribution in [2.24, 2.45) is 0 Å². The third-order valence-corrected chi connectivity index (χ3v) is 6.87. The fourth-order valence-electron chi connectivity index (χ4n) is 3.69. The maximum absolute atomic E-state index is 14.0. The summed E-state index contributed by atoms with van der Waals surface area (Å²) in [4.78, 5) is 43.3. The number of benzene rings is 3. The van der Waals surface area contributed by atoms with Gasteiger partial charge in [0.1, 0.15) is 24.1 Å². The van der Waals surface area contributed by atoms with Crippen molar-refractivity contribution in [3.05, 3.63) is 95.6 Å². The minimum absolute atomic E-state index is 0.0354. The molecule has 0 spiro atoms. The highest BCUT2D eigenvalue weighted by Gasteiger charge is 2.50. The van der Waals surface area contributed by atoms with Crippen molar-refractivity contribution < 1.29 is 47.3 Å². The summed E-state index contributed by atoms with van der Waals surface area (Å²) in [6.07, 6.45) is 0.164. The Bertz CT molecular complexity index is 1340. The predicted octanol–water partition coefficient (Wildman–Crippen LogP) is 4.43. The number of rotatable bonds is 14. The monoisotopic (exact) mass is 592 g/mol. The molecule has 5 N–H and O–H groups in total. The molecule has 3 aromatic carbocycles. The average Bonchev–Trinajstić information content (AvgIpc) is 2.93. The van der Waals surface area contributed by atoms with Gasteiger partial charge in [-0.05, 0) is 36.1 Å². The zero-order valence-electron chi connectivity index (χ0n) is 21.9. The van der Waals surface area contributed by atoms with Gasteiger partial charge >= 0.3 is 19.4 Å². The van der Waals surface area contributed by atoms with E-state index in [0.29, 0.717) is 30.8 Å². The first-order chi connectivity index (χ1) is 19.5. The molecule has 0 radical (unpaired) electrons. The molecule has 0 fully saturated rings. The molecule has 0 aromatic heterocycles. The largest absolute Gasteiger partial charge is 0.508 e. The van der Waals surface area contributed by atoms with Crippen LogP contribution in [0.2, 0.25) is 0 Å². The first kappa shape index (κ1) is 31.5. The van der Waals surface area contributed by atoms with Gasteiger partial charge < -0.3 is 35.0 Å². The summed E-state index contributed by atoms with van der Waals surface area (Å²) < 4.78 is 49.9. The van der Waals surface area contributed by atoms with Crippen LogP contribution in [-0.4, -0.2) is 46.1 Å². The Kier molecular flexibility index (Phi) is 11.2. The zero-order valence-corrected chi connectivity index (χ0v) is 22.8. The maximum Gasteiger partial charge on any atom is 0.408 e. The highest BCUT2D eigenvalue weighted by molar-refractivity contribution is 7.52. The Labute approximate surface area is 235 Å². The Morgan fingerprint density at radius 1 is 0.927 bits per heavy atom. The lowest BCUT2D eigenvalue weighted by molar-refractivity contribution is -0.123. The Morgan fingerprint density at radius 3 is 2.29 bits per heavy atom. The summed E-state index contributed by atoms with van der Waals surface area (Å²) >= 11 is 0. The number of unbranched alkanes of at least 4 members (excludes halogenated alkanes) is 1. The fourth-order valence-corrected chi connectivity index (χ4v) is 4.17. The molecular formula is C28H31F2N2O8P. The van der Waals surface area contributed by atoms with Crippen LogP contribution < -0.4 is 15.4 Å². The van der Waals surface area contributed by atoms with Crippen LogP contribution in [0.5, 0.6) is 11.5 Å². The first-order valence-corrected chi connectivity index (χ1v) is 14.3. The van der Waals surface area contributed by atoms with Crippen LogP contribution in [0.25, 0.3) is 0 Å². The van der Waals surface area contributed by atoms with Crippen LogP contribution >= 0.6 is 7.60 Å². The van der Waals surface area contributed by atoms with E-state index in [1.54, 1.807) is 36.4 Å². The normalized spacial score (nSPS) is 12.3. The number of amides is 2. The second-order valence-corrected chi connectivity index (χ2v) is 10.7. The van der Waals surface area contributed by atoms with E-state index in [1.807, 2.05) is 6.07 Å². The van der Waals surface area contributed by atoms with Gasteiger partial charge in [-0.2, -0.15) is 8.78 Å². The number of halogens is 2. The second kappa shape index (κ2) is 14.6. The van der Waals surface area contributed by atoms with Crippen LogP contribution in [-0.2, 0) is 32.8 Å². The van der Waals surface area contributed by atoms with Crippen LogP contribution in [0.15, 0.2) is 78.9 Å². The number of hydrogen-bond acceptors (Lipinski definition) is 6. The summed E-state index contributed by atoms with van der Waals surface area (Å²) in [5.41, 5.74) is -4.15. The molecule has 3 aromatic rings. The molecule has 0 heterocycles. The molecule has 0 bridgehead atoms. The van der Waals surface area contributed by atoms with E-state index in [0.717, 1.165) is 17.7 Å². The van der Waals surface area contributed by atoms with Gasteiger partial charge in [-0.25, -0.2) is 4.79 Å². The lowest BCUT2D eigenvalue weighted by atomic mass is 10.0. The number of alkyl carbamates (subject to hydrolysis) is 1. The van der Waals surface area contributed by atoms with Gasteiger partial charge in [-0.1, -0.05) is 60.7 Å². The molecule has 0 aliphatic rings. The van der Waals surface area contributed by atoms with Gasteiger partial charge in [0, 0.05) is 24.6 Å². The number of nitrogens with one attached hydrogen (secondary N) is 2. The highest BCUT2D eigenvalue weighted by Crippen LogP contribution is 2.59. The molecule has 41 heavy (non-hydrogen) atoms. The Balaban J connectivity index is 1.58. The molecule has 13 heteroatoms. The summed E-state index contributed by atoms with van der Waals surface area (Å²) in [6.45, 7) is 0.567. The summed E-state index contributed by atoms with van der Waals surface area (Å²) in [6, 6.07) is 18.3. The number of phenolic OH excluding ortho intramolecular Hbond substituents is 1. The number of hydrogen-bond donors (Lipinski definition) is 5. The van der Waals surface area contributed by atoms with Gasteiger partial charge in [0.25, 0.3) is 0 Å². The lowest BCUT2D eigenvalue weighted by Gasteiger charge is -2.20. The highest BCUT2D eigenvalue weighted by atomic mass is 31.2. The summed E-state index contributed by atoms with van der Waals surface area (Å²) in [5, 5.41) is 14.7. The van der Waals surface area contributed by atoms with Crippen LogP contribution in [0.3, 0.4) is 0 Å². The van der Waals surface area contributed by atoms with Gasteiger partial charge in [0.2, 0.25) is 5.91 Å². The van der Waals surface area contributed by atoms with Crippen molar-refractivity contribution in [3.8, 4) is 11.5 Å². The van der Waals surface area contributed by atoms with E-state index in [2.05, 4.69) is 10.6 Å². The average molecular weight is 593 g/mol. The lowest BCUT2D eigenvalue weighted by Crippen LogP contribution is -2.48. The zero-order chi connectivity index (χ0) is 29.9. The third kappa shape index (κ3) is 9.86. The number of phenols is 1. The number of alkyl halides is 2. The smallest absolute Gasteiger partial charge is 0.408 e.